The van der Waals surface area contributed by atoms with Crippen LogP contribution in [0.25, 0.3) is 66.1 Å². The van der Waals surface area contributed by atoms with E-state index in [4.69, 9.17) is 0 Å². The second-order valence-corrected chi connectivity index (χ2v) is 17.4. The van der Waals surface area contributed by atoms with Crippen LogP contribution >= 0.6 is 24.8 Å². The Hall–Kier alpha value is -3.78. The van der Waals surface area contributed by atoms with Gasteiger partial charge in [0.1, 0.15) is 0 Å². The molecule has 0 saturated heterocycles. The summed E-state index contributed by atoms with van der Waals surface area (Å²) in [6, 6.07) is 46.6. The van der Waals surface area contributed by atoms with Crippen LogP contribution < -0.4 is 0 Å². The van der Waals surface area contributed by atoms with Crippen molar-refractivity contribution in [1.29, 1.82) is 0 Å². The predicted octanol–water partition coefficient (Wildman–Crippen LogP) is 18.3. The summed E-state index contributed by atoms with van der Waals surface area (Å²) in [6.07, 6.45) is 7.26. The summed E-state index contributed by atoms with van der Waals surface area (Å²) in [6.45, 7) is 25.1. The third-order valence-corrected chi connectivity index (χ3v) is 11.7. The van der Waals surface area contributed by atoms with Gasteiger partial charge >= 0.3 is 30.2 Å². The van der Waals surface area contributed by atoms with Crippen molar-refractivity contribution in [2.24, 2.45) is 0 Å². The SMILES string of the molecule is CCCCc1cc2c(-c3cc(C)cc(C)c3)ccc(-c3cc(C)cc(C)c3)c2[cH-]1.CCCCc1cc2c(-c3cc(C)cc(C)c3)ccc(-c3cc(C)cc(C)c3)c2[cH-]1.Cl.Cl.[CH3-].[CH3-].[Si]=[Zr]. The van der Waals surface area contributed by atoms with Crippen molar-refractivity contribution in [2.45, 2.75) is 108 Å². The van der Waals surface area contributed by atoms with Gasteiger partial charge in [-0.1, -0.05) is 214 Å². The van der Waals surface area contributed by atoms with Crippen LogP contribution in [0.15, 0.2) is 121 Å². The number of fused-ring (bicyclic) bond motifs is 2. The Morgan fingerprint density at radius 2 is 0.609 bits per heavy atom. The van der Waals surface area contributed by atoms with E-state index in [0.29, 0.717) is 0 Å². The van der Waals surface area contributed by atoms with Crippen LogP contribution in [0.2, 0.25) is 0 Å². The van der Waals surface area contributed by atoms with Crippen LogP contribution in [0.3, 0.4) is 0 Å². The molecular weight excluding hydrogens is 911 g/mol. The van der Waals surface area contributed by atoms with Crippen LogP contribution in [-0.4, -0.2) is 6.88 Å². The topological polar surface area (TPSA) is 0 Å². The first-order valence-electron chi connectivity index (χ1n) is 21.9. The number of hydrogen-bond donors (Lipinski definition) is 0. The third-order valence-electron chi connectivity index (χ3n) is 11.7. The molecule has 64 heavy (non-hydrogen) atoms. The monoisotopic (exact) mass is 978 g/mol. The van der Waals surface area contributed by atoms with Crippen molar-refractivity contribution >= 4 is 53.2 Å². The summed E-state index contributed by atoms with van der Waals surface area (Å²) in [4.78, 5) is 0. The van der Waals surface area contributed by atoms with Gasteiger partial charge in [-0.3, -0.25) is 0 Å². The molecule has 4 heteroatoms. The fourth-order valence-electron chi connectivity index (χ4n) is 9.30. The normalized spacial score (nSPS) is 10.3. The van der Waals surface area contributed by atoms with Gasteiger partial charge in [-0.15, -0.1) is 69.6 Å². The van der Waals surface area contributed by atoms with Crippen molar-refractivity contribution in [3.8, 4) is 44.5 Å². The molecule has 8 aromatic carbocycles. The van der Waals surface area contributed by atoms with Crippen LogP contribution in [0.5, 0.6) is 0 Å². The van der Waals surface area contributed by atoms with Crippen LogP contribution in [0.1, 0.15) is 95.2 Å². The Morgan fingerprint density at radius 3 is 0.859 bits per heavy atom. The van der Waals surface area contributed by atoms with E-state index in [-0.39, 0.29) is 39.7 Å². The minimum atomic E-state index is 0. The molecule has 8 rings (SSSR count). The number of benzene rings is 6. The molecule has 0 fully saturated rings. The zero-order valence-electron chi connectivity index (χ0n) is 40.6. The Kier molecular flexibility index (Phi) is 22.7. The molecule has 8 aromatic rings. The summed E-state index contributed by atoms with van der Waals surface area (Å²) >= 11 is 1.36. The fraction of sp³-hybridized carbons (Fsp3) is 0.267. The number of aryl methyl sites for hydroxylation is 10. The van der Waals surface area contributed by atoms with Gasteiger partial charge < -0.3 is 14.9 Å². The van der Waals surface area contributed by atoms with Crippen LogP contribution in [0, 0.1) is 70.2 Å². The Bertz CT molecular complexity index is 2320. The predicted molar refractivity (Wildman–Crippen MR) is 289 cm³/mol. The molecule has 336 valence electrons. The molecule has 0 bridgehead atoms. The molecular formula is C60H70Cl2SiZr-4. The maximum atomic E-state index is 3.06. The first-order chi connectivity index (χ1) is 28.9. The molecule has 0 spiro atoms. The minimum absolute atomic E-state index is 0. The summed E-state index contributed by atoms with van der Waals surface area (Å²) in [7, 11) is 0. The van der Waals surface area contributed by atoms with E-state index in [1.54, 1.807) is 0 Å². The number of hydrogen-bond acceptors (Lipinski definition) is 0. The summed E-state index contributed by atoms with van der Waals surface area (Å²) in [5.74, 6) is 0. The summed E-state index contributed by atoms with van der Waals surface area (Å²) in [5.41, 5.74) is 24.2. The molecule has 0 heterocycles. The van der Waals surface area contributed by atoms with E-state index in [1.807, 2.05) is 0 Å². The molecule has 2 radical (unpaired) electrons. The second-order valence-electron chi connectivity index (χ2n) is 17.4. The van der Waals surface area contributed by atoms with Gasteiger partial charge in [0.2, 0.25) is 0 Å². The van der Waals surface area contributed by atoms with E-state index in [2.05, 4.69) is 197 Å². The average Bonchev–Trinajstić information content (AvgIpc) is 3.83. The van der Waals surface area contributed by atoms with Gasteiger partial charge in [0, 0.05) is 0 Å². The van der Waals surface area contributed by atoms with Crippen molar-refractivity contribution in [1.82, 2.24) is 0 Å². The molecule has 0 aliphatic rings. The van der Waals surface area contributed by atoms with Gasteiger partial charge in [0.05, 0.1) is 0 Å². The Labute approximate surface area is 417 Å². The third kappa shape index (κ3) is 13.6. The van der Waals surface area contributed by atoms with Gasteiger partial charge in [-0.2, -0.15) is 12.1 Å². The first kappa shape index (κ1) is 56.3. The second kappa shape index (κ2) is 25.8. The van der Waals surface area contributed by atoms with Crippen molar-refractivity contribution in [2.75, 3.05) is 0 Å². The van der Waals surface area contributed by atoms with Crippen LogP contribution in [0.4, 0.5) is 0 Å². The molecule has 0 aliphatic carbocycles. The number of halogens is 2. The van der Waals surface area contributed by atoms with E-state index >= 15 is 0 Å². The van der Waals surface area contributed by atoms with E-state index in [1.165, 1.54) is 171 Å². The van der Waals surface area contributed by atoms with Gasteiger partial charge in [0.15, 0.2) is 0 Å². The number of rotatable bonds is 10. The quantitative estimate of drug-likeness (QED) is 0.0946. The molecule has 0 amide bonds. The van der Waals surface area contributed by atoms with E-state index in [0.717, 1.165) is 12.8 Å². The zero-order chi connectivity index (χ0) is 43.1. The van der Waals surface area contributed by atoms with Crippen molar-refractivity contribution in [3.05, 3.63) is 192 Å². The standard InChI is InChI=1S/2C29H31.2CH3.2ClH.Si.Zr/c2*1-6-7-8-23-17-28-26(24-13-19(2)11-20(3)14-24)9-10-27(29(28)18-23)25-15-21(4)12-22(5)16-25;;;;;;/h2*9-18H,6-8H2,1-5H3;2*1H3;2*1H;;/q4*-1;;;;. The molecule has 0 nitrogen and oxygen atoms in total. The Morgan fingerprint density at radius 1 is 0.375 bits per heavy atom. The zero-order valence-corrected chi connectivity index (χ0v) is 45.7. The average molecular weight is 981 g/mol. The Balaban J connectivity index is 0.000000400. The molecule has 0 aliphatic heterocycles. The first-order valence-corrected chi connectivity index (χ1v) is 26.1. The van der Waals surface area contributed by atoms with Gasteiger partial charge in [-0.05, 0) is 79.4 Å². The summed E-state index contributed by atoms with van der Waals surface area (Å²) in [5, 5.41) is 5.55. The van der Waals surface area contributed by atoms with E-state index < -0.39 is 0 Å². The van der Waals surface area contributed by atoms with E-state index in [9.17, 15) is 0 Å². The molecule has 0 N–H and O–H groups in total. The van der Waals surface area contributed by atoms with Gasteiger partial charge in [-0.25, -0.2) is 0 Å². The maximum absolute atomic E-state index is 3.06. The van der Waals surface area contributed by atoms with Crippen molar-refractivity contribution in [3.63, 3.8) is 0 Å². The molecule has 0 unspecified atom stereocenters. The molecule has 0 saturated carbocycles. The number of unbranched alkanes of at least 4 members (excludes halogenated alkanes) is 2. The molecule has 0 aromatic heterocycles. The van der Waals surface area contributed by atoms with Crippen LogP contribution in [-0.2, 0) is 36.2 Å². The summed E-state index contributed by atoms with van der Waals surface area (Å²) < 4.78 is 0. The molecule has 0 atom stereocenters. The van der Waals surface area contributed by atoms with Gasteiger partial charge in [0.25, 0.3) is 0 Å². The van der Waals surface area contributed by atoms with Crippen molar-refractivity contribution < 1.29 is 23.3 Å². The fourth-order valence-corrected chi connectivity index (χ4v) is 9.30.